The average Bonchev–Trinajstić information content (AvgIpc) is 1.83. The van der Waals surface area contributed by atoms with Crippen LogP contribution >= 0.6 is 0 Å². The van der Waals surface area contributed by atoms with Crippen LogP contribution in [0.5, 0.6) is 0 Å². The van der Waals surface area contributed by atoms with E-state index in [1.54, 1.807) is 7.05 Å². The summed E-state index contributed by atoms with van der Waals surface area (Å²) in [5.74, 6) is 0. The summed E-state index contributed by atoms with van der Waals surface area (Å²) in [5, 5.41) is 3.25. The molecular weight excluding hydrogens is 136 g/mol. The van der Waals surface area contributed by atoms with Crippen molar-refractivity contribution >= 4 is 6.21 Å². The summed E-state index contributed by atoms with van der Waals surface area (Å²) in [7, 11) is 1.77. The standard InChI is InChI=1S/C9H18N2/c1-8(6-10-5)7-11-9(2,3)4/h6-7,11H,1-5H3. The molecule has 0 aliphatic heterocycles. The largest absolute Gasteiger partial charge is 0.386 e. The van der Waals surface area contributed by atoms with Gasteiger partial charge in [-0.05, 0) is 33.3 Å². The second-order valence-corrected chi connectivity index (χ2v) is 3.67. The van der Waals surface area contributed by atoms with Crippen molar-refractivity contribution < 1.29 is 0 Å². The van der Waals surface area contributed by atoms with Crippen LogP contribution in [0.4, 0.5) is 0 Å². The van der Waals surface area contributed by atoms with Gasteiger partial charge in [0, 0.05) is 25.0 Å². The molecule has 0 fully saturated rings. The van der Waals surface area contributed by atoms with Gasteiger partial charge in [-0.3, -0.25) is 4.99 Å². The number of allylic oxidation sites excluding steroid dienone is 1. The summed E-state index contributed by atoms with van der Waals surface area (Å²) < 4.78 is 0. The minimum absolute atomic E-state index is 0.142. The summed E-state index contributed by atoms with van der Waals surface area (Å²) in [4.78, 5) is 3.90. The van der Waals surface area contributed by atoms with Crippen LogP contribution in [0, 0.1) is 0 Å². The van der Waals surface area contributed by atoms with Gasteiger partial charge in [0.25, 0.3) is 0 Å². The van der Waals surface area contributed by atoms with E-state index in [2.05, 4.69) is 31.1 Å². The Hall–Kier alpha value is -0.790. The highest BCUT2D eigenvalue weighted by Crippen LogP contribution is 1.98. The number of nitrogens with one attached hydrogen (secondary N) is 1. The Morgan fingerprint density at radius 3 is 2.27 bits per heavy atom. The molecule has 11 heavy (non-hydrogen) atoms. The van der Waals surface area contributed by atoms with Crippen LogP contribution in [0.15, 0.2) is 16.8 Å². The van der Waals surface area contributed by atoms with Crippen molar-refractivity contribution in [3.05, 3.63) is 11.8 Å². The molecule has 2 nitrogen and oxygen atoms in total. The van der Waals surface area contributed by atoms with E-state index in [1.807, 2.05) is 19.3 Å². The lowest BCUT2D eigenvalue weighted by atomic mass is 10.1. The van der Waals surface area contributed by atoms with Crippen molar-refractivity contribution in [2.75, 3.05) is 7.05 Å². The lowest BCUT2D eigenvalue weighted by Crippen LogP contribution is -2.31. The molecular formula is C9H18N2. The first-order chi connectivity index (χ1) is 4.95. The molecule has 64 valence electrons. The van der Waals surface area contributed by atoms with Crippen LogP contribution in [0.1, 0.15) is 27.7 Å². The minimum atomic E-state index is 0.142. The van der Waals surface area contributed by atoms with E-state index < -0.39 is 0 Å². The molecule has 0 atom stereocenters. The van der Waals surface area contributed by atoms with E-state index in [4.69, 9.17) is 0 Å². The van der Waals surface area contributed by atoms with Gasteiger partial charge in [-0.15, -0.1) is 0 Å². The molecule has 1 N–H and O–H groups in total. The number of aliphatic imine (C=N–C) groups is 1. The fraction of sp³-hybridized carbons (Fsp3) is 0.667. The van der Waals surface area contributed by atoms with E-state index in [1.165, 1.54) is 0 Å². The molecule has 0 amide bonds. The van der Waals surface area contributed by atoms with Gasteiger partial charge >= 0.3 is 0 Å². The molecule has 0 unspecified atom stereocenters. The normalized spacial score (nSPS) is 14.1. The highest BCUT2D eigenvalue weighted by molar-refractivity contribution is 5.77. The quantitative estimate of drug-likeness (QED) is 0.604. The molecule has 0 rings (SSSR count). The highest BCUT2D eigenvalue weighted by Gasteiger charge is 2.04. The summed E-state index contributed by atoms with van der Waals surface area (Å²) >= 11 is 0. The number of hydrogen-bond acceptors (Lipinski definition) is 2. The topological polar surface area (TPSA) is 24.4 Å². The molecule has 0 aromatic carbocycles. The first-order valence-electron chi connectivity index (χ1n) is 3.82. The molecule has 0 spiro atoms. The van der Waals surface area contributed by atoms with Gasteiger partial charge in [0.2, 0.25) is 0 Å². The van der Waals surface area contributed by atoms with E-state index in [0.717, 1.165) is 5.57 Å². The van der Waals surface area contributed by atoms with Crippen molar-refractivity contribution in [2.24, 2.45) is 4.99 Å². The third kappa shape index (κ3) is 7.10. The van der Waals surface area contributed by atoms with E-state index in [9.17, 15) is 0 Å². The zero-order valence-electron chi connectivity index (χ0n) is 8.10. The van der Waals surface area contributed by atoms with Crippen LogP contribution < -0.4 is 5.32 Å². The number of hydrogen-bond donors (Lipinski definition) is 1. The molecule has 0 bridgehead atoms. The smallest absolute Gasteiger partial charge is 0.0284 e. The van der Waals surface area contributed by atoms with Crippen molar-refractivity contribution in [2.45, 2.75) is 33.2 Å². The Balaban J connectivity index is 3.93. The monoisotopic (exact) mass is 154 g/mol. The van der Waals surface area contributed by atoms with Crippen molar-refractivity contribution in [3.8, 4) is 0 Å². The van der Waals surface area contributed by atoms with E-state index in [-0.39, 0.29) is 5.54 Å². The Morgan fingerprint density at radius 1 is 1.36 bits per heavy atom. The maximum Gasteiger partial charge on any atom is 0.0284 e. The van der Waals surface area contributed by atoms with Gasteiger partial charge in [0.05, 0.1) is 0 Å². The molecule has 0 saturated carbocycles. The SMILES string of the molecule is CN=CC(C)=CNC(C)(C)C. The molecule has 0 saturated heterocycles. The molecule has 0 radical (unpaired) electrons. The number of rotatable bonds is 2. The zero-order chi connectivity index (χ0) is 8.91. The Labute approximate surface area is 69.4 Å². The van der Waals surface area contributed by atoms with Crippen molar-refractivity contribution in [1.29, 1.82) is 0 Å². The third-order valence-electron chi connectivity index (χ3n) is 1.07. The summed E-state index contributed by atoms with van der Waals surface area (Å²) in [5.41, 5.74) is 1.28. The molecule has 0 aliphatic rings. The lowest BCUT2D eigenvalue weighted by Gasteiger charge is -2.18. The van der Waals surface area contributed by atoms with Crippen LogP contribution in [0.2, 0.25) is 0 Å². The van der Waals surface area contributed by atoms with Gasteiger partial charge < -0.3 is 5.32 Å². The van der Waals surface area contributed by atoms with Crippen molar-refractivity contribution in [3.63, 3.8) is 0 Å². The average molecular weight is 154 g/mol. The number of nitrogens with zero attached hydrogens (tertiary/aromatic N) is 1. The van der Waals surface area contributed by atoms with E-state index >= 15 is 0 Å². The first-order valence-corrected chi connectivity index (χ1v) is 3.82. The van der Waals surface area contributed by atoms with Crippen molar-refractivity contribution in [1.82, 2.24) is 5.32 Å². The maximum absolute atomic E-state index is 3.90. The molecule has 0 aromatic heterocycles. The Morgan fingerprint density at radius 2 is 1.91 bits per heavy atom. The molecule has 0 aromatic rings. The van der Waals surface area contributed by atoms with Crippen LogP contribution in [-0.2, 0) is 0 Å². The van der Waals surface area contributed by atoms with Gasteiger partial charge in [0.15, 0.2) is 0 Å². The van der Waals surface area contributed by atoms with E-state index in [0.29, 0.717) is 0 Å². The predicted octanol–water partition coefficient (Wildman–Crippen LogP) is 1.98. The van der Waals surface area contributed by atoms with Crippen LogP contribution in [0.3, 0.4) is 0 Å². The summed E-state index contributed by atoms with van der Waals surface area (Å²) in [6, 6.07) is 0. The summed E-state index contributed by atoms with van der Waals surface area (Å²) in [6.07, 6.45) is 3.81. The van der Waals surface area contributed by atoms with Crippen LogP contribution in [0.25, 0.3) is 0 Å². The summed E-state index contributed by atoms with van der Waals surface area (Å²) in [6.45, 7) is 8.39. The van der Waals surface area contributed by atoms with Crippen LogP contribution in [-0.4, -0.2) is 18.8 Å². The molecule has 2 heteroatoms. The zero-order valence-corrected chi connectivity index (χ0v) is 8.10. The Bertz CT molecular complexity index is 161. The first kappa shape index (κ1) is 10.2. The fourth-order valence-corrected chi connectivity index (χ4v) is 0.571. The minimum Gasteiger partial charge on any atom is -0.386 e. The molecule has 0 heterocycles. The van der Waals surface area contributed by atoms with Gasteiger partial charge in [0.1, 0.15) is 0 Å². The van der Waals surface area contributed by atoms with Gasteiger partial charge in [-0.2, -0.15) is 0 Å². The predicted molar refractivity (Wildman–Crippen MR) is 51.1 cm³/mol. The van der Waals surface area contributed by atoms with Gasteiger partial charge in [-0.1, -0.05) is 0 Å². The fourth-order valence-electron chi connectivity index (χ4n) is 0.571. The second-order valence-electron chi connectivity index (χ2n) is 3.67. The van der Waals surface area contributed by atoms with Gasteiger partial charge in [-0.25, -0.2) is 0 Å². The lowest BCUT2D eigenvalue weighted by molar-refractivity contribution is 0.490. The second kappa shape index (κ2) is 4.16. The molecule has 0 aliphatic carbocycles. The Kier molecular flexibility index (Phi) is 3.86. The maximum atomic E-state index is 3.90. The highest BCUT2D eigenvalue weighted by atomic mass is 14.9. The third-order valence-corrected chi connectivity index (χ3v) is 1.07.